The van der Waals surface area contributed by atoms with E-state index in [1.165, 1.54) is 25.7 Å². The molecule has 1 saturated heterocycles. The Kier molecular flexibility index (Phi) is 4.69. The number of rotatable bonds is 2. The van der Waals surface area contributed by atoms with Crippen molar-refractivity contribution in [3.63, 3.8) is 0 Å². The SMILES string of the molecule is CC1CCCCCN1c1ccc(Br)cc1/C(N)=N/O. The van der Waals surface area contributed by atoms with Gasteiger partial charge in [0, 0.05) is 28.3 Å². The molecular formula is C14H20BrN3O. The zero-order valence-corrected chi connectivity index (χ0v) is 12.7. The van der Waals surface area contributed by atoms with E-state index in [-0.39, 0.29) is 5.84 Å². The van der Waals surface area contributed by atoms with E-state index in [2.05, 4.69) is 32.9 Å². The summed E-state index contributed by atoms with van der Waals surface area (Å²) in [7, 11) is 0. The van der Waals surface area contributed by atoms with Crippen molar-refractivity contribution in [1.29, 1.82) is 0 Å². The summed E-state index contributed by atoms with van der Waals surface area (Å²) in [5.74, 6) is 0.160. The van der Waals surface area contributed by atoms with E-state index >= 15 is 0 Å². The summed E-state index contributed by atoms with van der Waals surface area (Å²) in [5.41, 5.74) is 7.64. The van der Waals surface area contributed by atoms with Gasteiger partial charge in [0.2, 0.25) is 0 Å². The van der Waals surface area contributed by atoms with Crippen LogP contribution in [0, 0.1) is 0 Å². The first-order valence-electron chi connectivity index (χ1n) is 6.67. The van der Waals surface area contributed by atoms with Crippen molar-refractivity contribution < 1.29 is 5.21 Å². The van der Waals surface area contributed by atoms with Crippen LogP contribution in [0.4, 0.5) is 5.69 Å². The minimum absolute atomic E-state index is 0.160. The molecule has 4 nitrogen and oxygen atoms in total. The Morgan fingerprint density at radius 2 is 2.21 bits per heavy atom. The normalized spacial score (nSPS) is 21.3. The molecule has 5 heteroatoms. The lowest BCUT2D eigenvalue weighted by Gasteiger charge is -2.31. The quantitative estimate of drug-likeness (QED) is 0.379. The van der Waals surface area contributed by atoms with Gasteiger partial charge >= 0.3 is 0 Å². The molecule has 1 unspecified atom stereocenters. The number of nitrogens with zero attached hydrogens (tertiary/aromatic N) is 2. The van der Waals surface area contributed by atoms with Crippen LogP contribution in [0.3, 0.4) is 0 Å². The molecule has 0 aromatic heterocycles. The number of hydrogen-bond donors (Lipinski definition) is 2. The van der Waals surface area contributed by atoms with Crippen molar-refractivity contribution >= 4 is 27.5 Å². The summed E-state index contributed by atoms with van der Waals surface area (Å²) < 4.78 is 0.931. The molecule has 0 radical (unpaired) electrons. The minimum atomic E-state index is 0.160. The molecular weight excluding hydrogens is 306 g/mol. The molecule has 19 heavy (non-hydrogen) atoms. The smallest absolute Gasteiger partial charge is 0.172 e. The molecule has 2 rings (SSSR count). The summed E-state index contributed by atoms with van der Waals surface area (Å²) in [4.78, 5) is 2.37. The van der Waals surface area contributed by atoms with Crippen LogP contribution in [0.1, 0.15) is 38.2 Å². The highest BCUT2D eigenvalue weighted by Gasteiger charge is 2.21. The van der Waals surface area contributed by atoms with Gasteiger partial charge in [-0.2, -0.15) is 0 Å². The maximum Gasteiger partial charge on any atom is 0.172 e. The fourth-order valence-electron chi connectivity index (χ4n) is 2.65. The number of nitrogens with two attached hydrogens (primary N) is 1. The first-order chi connectivity index (χ1) is 9.13. The minimum Gasteiger partial charge on any atom is -0.409 e. The van der Waals surface area contributed by atoms with Gasteiger partial charge in [-0.05, 0) is 38.0 Å². The topological polar surface area (TPSA) is 61.8 Å². The molecule has 0 bridgehead atoms. The Morgan fingerprint density at radius 1 is 1.42 bits per heavy atom. The third kappa shape index (κ3) is 3.21. The van der Waals surface area contributed by atoms with Gasteiger partial charge in [-0.1, -0.05) is 33.9 Å². The highest BCUT2D eigenvalue weighted by atomic mass is 79.9. The number of amidine groups is 1. The van der Waals surface area contributed by atoms with Crippen molar-refractivity contribution in [2.45, 2.75) is 38.6 Å². The van der Waals surface area contributed by atoms with Gasteiger partial charge in [-0.15, -0.1) is 0 Å². The molecule has 1 heterocycles. The van der Waals surface area contributed by atoms with Gasteiger partial charge in [-0.25, -0.2) is 0 Å². The molecule has 1 aliphatic rings. The van der Waals surface area contributed by atoms with Crippen LogP contribution in [0.25, 0.3) is 0 Å². The molecule has 0 spiro atoms. The van der Waals surface area contributed by atoms with E-state index in [4.69, 9.17) is 10.9 Å². The van der Waals surface area contributed by atoms with Crippen LogP contribution < -0.4 is 10.6 Å². The maximum atomic E-state index is 8.95. The highest BCUT2D eigenvalue weighted by molar-refractivity contribution is 9.10. The van der Waals surface area contributed by atoms with Crippen molar-refractivity contribution in [3.05, 3.63) is 28.2 Å². The Morgan fingerprint density at radius 3 is 2.95 bits per heavy atom. The Hall–Kier alpha value is -1.23. The molecule has 0 saturated carbocycles. The average Bonchev–Trinajstić information content (AvgIpc) is 2.62. The number of halogens is 1. The van der Waals surface area contributed by atoms with Crippen LogP contribution in [-0.2, 0) is 0 Å². The van der Waals surface area contributed by atoms with Gasteiger partial charge in [-0.3, -0.25) is 0 Å². The Bertz CT molecular complexity index is 476. The molecule has 1 aliphatic heterocycles. The first-order valence-corrected chi connectivity index (χ1v) is 7.47. The van der Waals surface area contributed by atoms with E-state index < -0.39 is 0 Å². The van der Waals surface area contributed by atoms with E-state index in [0.717, 1.165) is 22.3 Å². The molecule has 1 fully saturated rings. The van der Waals surface area contributed by atoms with E-state index in [9.17, 15) is 0 Å². The molecule has 104 valence electrons. The molecule has 1 aromatic carbocycles. The van der Waals surface area contributed by atoms with Crippen molar-refractivity contribution in [1.82, 2.24) is 0 Å². The van der Waals surface area contributed by atoms with E-state index in [1.54, 1.807) is 0 Å². The summed E-state index contributed by atoms with van der Waals surface area (Å²) in [6, 6.07) is 6.43. The molecule has 0 aliphatic carbocycles. The third-order valence-electron chi connectivity index (χ3n) is 3.70. The van der Waals surface area contributed by atoms with Crippen molar-refractivity contribution in [2.24, 2.45) is 10.9 Å². The first kappa shape index (κ1) is 14.2. The second-order valence-corrected chi connectivity index (χ2v) is 5.95. The molecule has 3 N–H and O–H groups in total. The average molecular weight is 326 g/mol. The lowest BCUT2D eigenvalue weighted by molar-refractivity contribution is 0.318. The van der Waals surface area contributed by atoms with E-state index in [1.807, 2.05) is 18.2 Å². The predicted molar refractivity (Wildman–Crippen MR) is 81.9 cm³/mol. The van der Waals surface area contributed by atoms with Gasteiger partial charge < -0.3 is 15.8 Å². The number of oxime groups is 1. The zero-order chi connectivity index (χ0) is 13.8. The van der Waals surface area contributed by atoms with Crippen LogP contribution in [0.15, 0.2) is 27.8 Å². The highest BCUT2D eigenvalue weighted by Crippen LogP contribution is 2.29. The van der Waals surface area contributed by atoms with Crippen LogP contribution in [0.2, 0.25) is 0 Å². The lowest BCUT2D eigenvalue weighted by Crippen LogP contribution is -2.34. The van der Waals surface area contributed by atoms with Gasteiger partial charge in [0.25, 0.3) is 0 Å². The molecule has 0 amide bonds. The number of benzene rings is 1. The summed E-state index contributed by atoms with van der Waals surface area (Å²) in [6.45, 7) is 3.26. The predicted octanol–water partition coefficient (Wildman–Crippen LogP) is 3.31. The lowest BCUT2D eigenvalue weighted by atomic mass is 10.1. The van der Waals surface area contributed by atoms with Crippen molar-refractivity contribution in [2.75, 3.05) is 11.4 Å². The third-order valence-corrected chi connectivity index (χ3v) is 4.20. The summed E-state index contributed by atoms with van der Waals surface area (Å²) >= 11 is 3.44. The monoisotopic (exact) mass is 325 g/mol. The van der Waals surface area contributed by atoms with Crippen LogP contribution in [-0.4, -0.2) is 23.6 Å². The summed E-state index contributed by atoms with van der Waals surface area (Å²) in [5, 5.41) is 12.1. The Labute approximate surface area is 122 Å². The summed E-state index contributed by atoms with van der Waals surface area (Å²) in [6.07, 6.45) is 4.92. The van der Waals surface area contributed by atoms with Gasteiger partial charge in [0.1, 0.15) is 0 Å². The van der Waals surface area contributed by atoms with Gasteiger partial charge in [0.05, 0.1) is 0 Å². The number of hydrogen-bond acceptors (Lipinski definition) is 3. The standard InChI is InChI=1S/C14H20BrN3O/c1-10-5-3-2-4-8-18(10)13-7-6-11(15)9-12(13)14(16)17-19/h6-7,9-10,19H,2-5,8H2,1H3,(H2,16,17). The largest absolute Gasteiger partial charge is 0.409 e. The fraction of sp³-hybridized carbons (Fsp3) is 0.500. The molecule has 1 atom stereocenters. The van der Waals surface area contributed by atoms with Crippen molar-refractivity contribution in [3.8, 4) is 0 Å². The van der Waals surface area contributed by atoms with Crippen LogP contribution >= 0.6 is 15.9 Å². The molecule has 1 aromatic rings. The zero-order valence-electron chi connectivity index (χ0n) is 11.1. The van der Waals surface area contributed by atoms with Crippen LogP contribution in [0.5, 0.6) is 0 Å². The second kappa shape index (κ2) is 6.28. The Balaban J connectivity index is 2.42. The van der Waals surface area contributed by atoms with E-state index in [0.29, 0.717) is 6.04 Å². The second-order valence-electron chi connectivity index (χ2n) is 5.04. The fourth-order valence-corrected chi connectivity index (χ4v) is 3.01. The number of anilines is 1. The van der Waals surface area contributed by atoms with Gasteiger partial charge in [0.15, 0.2) is 5.84 Å². The maximum absolute atomic E-state index is 8.95.